The summed E-state index contributed by atoms with van der Waals surface area (Å²) in [7, 11) is 0. The van der Waals surface area contributed by atoms with Gasteiger partial charge in [-0.1, -0.05) is 94.8 Å². The normalized spacial score (nSPS) is 19.0. The molecule has 3 aromatic carbocycles. The molecule has 140 valence electrons. The molecule has 0 saturated heterocycles. The highest BCUT2D eigenvalue weighted by molar-refractivity contribution is 9.10. The van der Waals surface area contributed by atoms with E-state index in [9.17, 15) is 9.90 Å². The summed E-state index contributed by atoms with van der Waals surface area (Å²) in [6.45, 7) is 0.165. The van der Waals surface area contributed by atoms with E-state index < -0.39 is 11.6 Å². The molecule has 0 fully saturated rings. The lowest BCUT2D eigenvalue weighted by Gasteiger charge is -2.32. The van der Waals surface area contributed by atoms with Crippen molar-refractivity contribution in [2.45, 2.75) is 12.3 Å². The van der Waals surface area contributed by atoms with Gasteiger partial charge < -0.3 is 5.11 Å². The van der Waals surface area contributed by atoms with Gasteiger partial charge >= 0.3 is 0 Å². The Bertz CT molecular complexity index is 1020. The van der Waals surface area contributed by atoms with Crippen molar-refractivity contribution in [2.24, 2.45) is 0 Å². The number of aliphatic hydroxyl groups is 1. The fraction of sp³-hybridized carbons (Fsp3) is 0.0870. The maximum absolute atomic E-state index is 13.2. The van der Waals surface area contributed by atoms with E-state index in [1.54, 1.807) is 18.2 Å². The van der Waals surface area contributed by atoms with Crippen molar-refractivity contribution in [2.75, 3.05) is 0 Å². The summed E-state index contributed by atoms with van der Waals surface area (Å²) in [5.41, 5.74) is 0.843. The Morgan fingerprint density at radius 2 is 1.50 bits per heavy atom. The lowest BCUT2D eigenvalue weighted by molar-refractivity contribution is -0.262. The average molecular weight is 436 g/mol. The molecule has 4 nitrogen and oxygen atoms in total. The number of nitrogens with zero attached hydrogens (tertiary/aromatic N) is 1. The van der Waals surface area contributed by atoms with Crippen LogP contribution in [0.5, 0.6) is 0 Å². The van der Waals surface area contributed by atoms with Gasteiger partial charge in [0.15, 0.2) is 0 Å². The van der Waals surface area contributed by atoms with Crippen molar-refractivity contribution in [1.29, 1.82) is 0 Å². The van der Waals surface area contributed by atoms with Crippen LogP contribution >= 0.6 is 15.9 Å². The van der Waals surface area contributed by atoms with E-state index in [2.05, 4.69) is 15.9 Å². The molecule has 1 aliphatic rings. The van der Waals surface area contributed by atoms with E-state index in [1.165, 1.54) is 0 Å². The number of hydrogen-bond donors (Lipinski definition) is 1. The van der Waals surface area contributed by atoms with Crippen LogP contribution in [0.2, 0.25) is 0 Å². The summed E-state index contributed by atoms with van der Waals surface area (Å²) >= 11 is 3.49. The number of rotatable bonds is 5. The molecule has 0 bridgehead atoms. The first-order valence-corrected chi connectivity index (χ1v) is 9.66. The van der Waals surface area contributed by atoms with Crippen LogP contribution in [0.3, 0.4) is 0 Å². The number of carbonyl (C=O) groups excluding carboxylic acids is 1. The molecule has 1 atom stereocenters. The van der Waals surface area contributed by atoms with Crippen LogP contribution in [0.15, 0.2) is 95.5 Å². The van der Waals surface area contributed by atoms with Crippen molar-refractivity contribution in [3.63, 3.8) is 0 Å². The maximum atomic E-state index is 13.2. The number of amides is 1. The third kappa shape index (κ3) is 3.40. The average Bonchev–Trinajstić information content (AvgIpc) is 2.99. The summed E-state index contributed by atoms with van der Waals surface area (Å²) in [6, 6.07) is 26.0. The summed E-state index contributed by atoms with van der Waals surface area (Å²) in [6.07, 6.45) is 1.55. The predicted molar refractivity (Wildman–Crippen MR) is 111 cm³/mol. The highest BCUT2D eigenvalue weighted by Gasteiger charge is 2.47. The third-order valence-corrected chi connectivity index (χ3v) is 5.33. The van der Waals surface area contributed by atoms with Crippen LogP contribution in [0.25, 0.3) is 5.57 Å². The van der Waals surface area contributed by atoms with Gasteiger partial charge in [0.1, 0.15) is 6.61 Å². The number of hydroxylamine groups is 2. The second kappa shape index (κ2) is 7.72. The van der Waals surface area contributed by atoms with Gasteiger partial charge in [-0.05, 0) is 17.7 Å². The maximum Gasteiger partial charge on any atom is 0.281 e. The minimum absolute atomic E-state index is 0.165. The molecule has 4 rings (SSSR count). The van der Waals surface area contributed by atoms with Gasteiger partial charge in [-0.25, -0.2) is 0 Å². The van der Waals surface area contributed by atoms with E-state index in [-0.39, 0.29) is 6.61 Å². The third-order valence-electron chi connectivity index (χ3n) is 4.64. The van der Waals surface area contributed by atoms with E-state index in [0.717, 1.165) is 15.1 Å². The van der Waals surface area contributed by atoms with Crippen molar-refractivity contribution >= 4 is 27.4 Å². The minimum Gasteiger partial charge on any atom is -0.362 e. The van der Waals surface area contributed by atoms with Crippen LogP contribution in [-0.2, 0) is 22.0 Å². The molecule has 1 N–H and O–H groups in total. The fourth-order valence-corrected chi connectivity index (χ4v) is 3.71. The van der Waals surface area contributed by atoms with Crippen molar-refractivity contribution in [3.8, 4) is 0 Å². The molecule has 0 radical (unpaired) electrons. The van der Waals surface area contributed by atoms with Gasteiger partial charge in [-0.2, -0.15) is 5.06 Å². The van der Waals surface area contributed by atoms with Gasteiger partial charge in [0.25, 0.3) is 5.91 Å². The lowest BCUT2D eigenvalue weighted by atomic mass is 10.0. The molecule has 0 saturated carbocycles. The first-order valence-electron chi connectivity index (χ1n) is 8.86. The van der Waals surface area contributed by atoms with Crippen molar-refractivity contribution < 1.29 is 14.7 Å². The number of hydrogen-bond acceptors (Lipinski definition) is 3. The van der Waals surface area contributed by atoms with Crippen LogP contribution in [0.4, 0.5) is 0 Å². The monoisotopic (exact) mass is 435 g/mol. The van der Waals surface area contributed by atoms with Gasteiger partial charge in [-0.15, -0.1) is 0 Å². The minimum atomic E-state index is -1.70. The molecule has 28 heavy (non-hydrogen) atoms. The van der Waals surface area contributed by atoms with Gasteiger partial charge in [0, 0.05) is 15.6 Å². The Kier molecular flexibility index (Phi) is 5.13. The highest BCUT2D eigenvalue weighted by atomic mass is 79.9. The van der Waals surface area contributed by atoms with Crippen LogP contribution in [-0.4, -0.2) is 16.1 Å². The SMILES string of the molecule is O=C1C(c2ccccc2Br)=CC(O)(c2ccccc2)N1OCc1ccccc1. The number of benzene rings is 3. The first-order chi connectivity index (χ1) is 13.6. The summed E-state index contributed by atoms with van der Waals surface area (Å²) in [5, 5.41) is 12.5. The van der Waals surface area contributed by atoms with E-state index in [0.29, 0.717) is 16.7 Å². The molecular weight excluding hydrogens is 418 g/mol. The molecule has 0 aromatic heterocycles. The molecule has 1 amide bonds. The Hall–Kier alpha value is -2.73. The molecule has 5 heteroatoms. The quantitative estimate of drug-likeness (QED) is 0.634. The topological polar surface area (TPSA) is 49.8 Å². The zero-order valence-corrected chi connectivity index (χ0v) is 16.5. The number of halogens is 1. The largest absolute Gasteiger partial charge is 0.362 e. The smallest absolute Gasteiger partial charge is 0.281 e. The second-order valence-electron chi connectivity index (χ2n) is 6.49. The molecule has 3 aromatic rings. The molecule has 0 spiro atoms. The molecular formula is C23H18BrNO3. The summed E-state index contributed by atoms with van der Waals surface area (Å²) in [5.74, 6) is -0.394. The summed E-state index contributed by atoms with van der Waals surface area (Å²) in [4.78, 5) is 19.0. The highest BCUT2D eigenvalue weighted by Crippen LogP contribution is 2.41. The van der Waals surface area contributed by atoms with Crippen LogP contribution in [0.1, 0.15) is 16.7 Å². The fourth-order valence-electron chi connectivity index (χ4n) is 3.21. The lowest BCUT2D eigenvalue weighted by Crippen LogP contribution is -2.43. The van der Waals surface area contributed by atoms with E-state index >= 15 is 0 Å². The number of carbonyl (C=O) groups is 1. The van der Waals surface area contributed by atoms with E-state index in [4.69, 9.17) is 4.84 Å². The zero-order chi connectivity index (χ0) is 19.6. The second-order valence-corrected chi connectivity index (χ2v) is 7.34. The molecule has 1 aliphatic heterocycles. The predicted octanol–water partition coefficient (Wildman–Crippen LogP) is 4.65. The van der Waals surface area contributed by atoms with Gasteiger partial charge in [-0.3, -0.25) is 9.63 Å². The van der Waals surface area contributed by atoms with Crippen LogP contribution < -0.4 is 0 Å². The first kappa shape index (κ1) is 18.6. The van der Waals surface area contributed by atoms with Gasteiger partial charge in [0.2, 0.25) is 5.72 Å². The summed E-state index contributed by atoms with van der Waals surface area (Å²) < 4.78 is 0.773. The van der Waals surface area contributed by atoms with Gasteiger partial charge in [0.05, 0.1) is 5.57 Å². The Morgan fingerprint density at radius 1 is 0.893 bits per heavy atom. The Balaban J connectivity index is 1.74. The Labute approximate surface area is 171 Å². The van der Waals surface area contributed by atoms with Crippen molar-refractivity contribution in [1.82, 2.24) is 5.06 Å². The molecule has 1 unspecified atom stereocenters. The standard InChI is InChI=1S/C23H18BrNO3/c24-21-14-8-7-13-19(21)20-15-23(27,18-11-5-2-6-12-18)25(22(20)26)28-16-17-9-3-1-4-10-17/h1-15,27H,16H2. The molecule has 1 heterocycles. The van der Waals surface area contributed by atoms with Crippen molar-refractivity contribution in [3.05, 3.63) is 112 Å². The van der Waals surface area contributed by atoms with E-state index in [1.807, 2.05) is 72.8 Å². The Morgan fingerprint density at radius 3 is 2.18 bits per heavy atom. The zero-order valence-electron chi connectivity index (χ0n) is 15.0. The molecule has 0 aliphatic carbocycles. The van der Waals surface area contributed by atoms with Crippen LogP contribution in [0, 0.1) is 0 Å².